The molecule has 0 fully saturated rings. The average molecular weight is 318 g/mol. The second kappa shape index (κ2) is 6.73. The Morgan fingerprint density at radius 1 is 1.22 bits per heavy atom. The molecule has 0 spiro atoms. The Hall–Kier alpha value is -1.84. The standard InChI is InChI=1S/C19H26O4/c1-12-11-13(17(20)23-19(2,3)4)9-10-15-14(12)7-6-8-16(15)18(21)22-5/h6-8,12-13H,9-11H2,1-5H3/t12-,13?/m1/s1. The zero-order valence-corrected chi connectivity index (χ0v) is 14.6. The number of hydrogen-bond donors (Lipinski definition) is 0. The summed E-state index contributed by atoms with van der Waals surface area (Å²) in [6.45, 7) is 7.75. The molecule has 126 valence electrons. The van der Waals surface area contributed by atoms with Crippen molar-refractivity contribution in [3.8, 4) is 0 Å². The van der Waals surface area contributed by atoms with Gasteiger partial charge in [-0.15, -0.1) is 0 Å². The van der Waals surface area contributed by atoms with E-state index in [-0.39, 0.29) is 23.8 Å². The number of hydrogen-bond acceptors (Lipinski definition) is 4. The predicted molar refractivity (Wildman–Crippen MR) is 88.5 cm³/mol. The number of methoxy groups -OCH3 is 1. The van der Waals surface area contributed by atoms with E-state index in [0.29, 0.717) is 18.4 Å². The van der Waals surface area contributed by atoms with Gasteiger partial charge < -0.3 is 9.47 Å². The van der Waals surface area contributed by atoms with E-state index in [9.17, 15) is 9.59 Å². The fourth-order valence-electron chi connectivity index (χ4n) is 3.24. The highest BCUT2D eigenvalue weighted by Crippen LogP contribution is 2.36. The van der Waals surface area contributed by atoms with Crippen molar-refractivity contribution in [2.45, 2.75) is 58.5 Å². The maximum absolute atomic E-state index is 12.4. The van der Waals surface area contributed by atoms with Crippen LogP contribution in [0.4, 0.5) is 0 Å². The smallest absolute Gasteiger partial charge is 0.338 e. The van der Waals surface area contributed by atoms with Gasteiger partial charge in [0.15, 0.2) is 0 Å². The molecular weight excluding hydrogens is 292 g/mol. The normalized spacial score (nSPS) is 21.1. The molecule has 1 aliphatic carbocycles. The van der Waals surface area contributed by atoms with Gasteiger partial charge in [0.1, 0.15) is 5.60 Å². The Balaban J connectivity index is 2.26. The molecule has 0 bridgehead atoms. The second-order valence-corrected chi connectivity index (χ2v) is 7.27. The highest BCUT2D eigenvalue weighted by Gasteiger charge is 2.31. The Morgan fingerprint density at radius 2 is 1.91 bits per heavy atom. The Morgan fingerprint density at radius 3 is 2.52 bits per heavy atom. The molecule has 1 aromatic carbocycles. The summed E-state index contributed by atoms with van der Waals surface area (Å²) in [7, 11) is 1.39. The van der Waals surface area contributed by atoms with Crippen LogP contribution in [0.25, 0.3) is 0 Å². The molecule has 0 aliphatic heterocycles. The van der Waals surface area contributed by atoms with E-state index < -0.39 is 5.60 Å². The van der Waals surface area contributed by atoms with Gasteiger partial charge in [-0.2, -0.15) is 0 Å². The first kappa shape index (κ1) is 17.5. The van der Waals surface area contributed by atoms with E-state index in [2.05, 4.69) is 6.92 Å². The van der Waals surface area contributed by atoms with Crippen molar-refractivity contribution in [2.75, 3.05) is 7.11 Å². The Labute approximate surface area is 138 Å². The van der Waals surface area contributed by atoms with Gasteiger partial charge in [-0.3, -0.25) is 4.79 Å². The topological polar surface area (TPSA) is 52.6 Å². The van der Waals surface area contributed by atoms with Gasteiger partial charge in [-0.1, -0.05) is 19.1 Å². The maximum Gasteiger partial charge on any atom is 0.338 e. The van der Waals surface area contributed by atoms with E-state index in [1.54, 1.807) is 6.07 Å². The molecule has 0 heterocycles. The summed E-state index contributed by atoms with van der Waals surface area (Å²) in [5.41, 5.74) is 2.29. The molecule has 1 unspecified atom stereocenters. The number of benzene rings is 1. The molecule has 0 N–H and O–H groups in total. The predicted octanol–water partition coefficient (Wildman–Crippen LogP) is 3.87. The van der Waals surface area contributed by atoms with Crippen molar-refractivity contribution in [3.05, 3.63) is 34.9 Å². The fraction of sp³-hybridized carbons (Fsp3) is 0.579. The number of carbonyl (C=O) groups is 2. The molecule has 4 nitrogen and oxygen atoms in total. The molecule has 1 aromatic rings. The number of carbonyl (C=O) groups excluding carboxylic acids is 2. The van der Waals surface area contributed by atoms with E-state index in [1.807, 2.05) is 32.9 Å². The lowest BCUT2D eigenvalue weighted by Gasteiger charge is -2.24. The van der Waals surface area contributed by atoms with Crippen molar-refractivity contribution < 1.29 is 19.1 Å². The molecule has 2 atom stereocenters. The number of ether oxygens (including phenoxy) is 2. The zero-order valence-electron chi connectivity index (χ0n) is 14.6. The molecular formula is C19H26O4. The van der Waals surface area contributed by atoms with Crippen molar-refractivity contribution in [1.29, 1.82) is 0 Å². The molecule has 0 saturated carbocycles. The number of rotatable bonds is 2. The van der Waals surface area contributed by atoms with E-state index in [4.69, 9.17) is 9.47 Å². The van der Waals surface area contributed by atoms with Crippen LogP contribution in [0.15, 0.2) is 18.2 Å². The van der Waals surface area contributed by atoms with Gasteiger partial charge in [-0.05, 0) is 63.1 Å². The first-order valence-corrected chi connectivity index (χ1v) is 8.16. The van der Waals surface area contributed by atoms with Crippen molar-refractivity contribution in [1.82, 2.24) is 0 Å². The van der Waals surface area contributed by atoms with Gasteiger partial charge in [0.2, 0.25) is 0 Å². The van der Waals surface area contributed by atoms with Crippen LogP contribution in [0.2, 0.25) is 0 Å². The summed E-state index contributed by atoms with van der Waals surface area (Å²) in [5, 5.41) is 0. The number of fused-ring (bicyclic) bond motifs is 1. The highest BCUT2D eigenvalue weighted by molar-refractivity contribution is 5.91. The number of esters is 2. The van der Waals surface area contributed by atoms with Gasteiger partial charge in [-0.25, -0.2) is 4.79 Å². The van der Waals surface area contributed by atoms with Crippen LogP contribution in [0.3, 0.4) is 0 Å². The van der Waals surface area contributed by atoms with Crippen LogP contribution >= 0.6 is 0 Å². The summed E-state index contributed by atoms with van der Waals surface area (Å²) in [6, 6.07) is 5.73. The Kier molecular flexibility index (Phi) is 5.12. The Bertz CT molecular complexity index is 598. The lowest BCUT2D eigenvalue weighted by molar-refractivity contribution is -0.160. The quantitative estimate of drug-likeness (QED) is 0.613. The lowest BCUT2D eigenvalue weighted by atomic mass is 9.90. The molecule has 4 heteroatoms. The van der Waals surface area contributed by atoms with Gasteiger partial charge in [0.25, 0.3) is 0 Å². The van der Waals surface area contributed by atoms with Gasteiger partial charge in [0.05, 0.1) is 18.6 Å². The molecule has 0 amide bonds. The van der Waals surface area contributed by atoms with E-state index in [0.717, 1.165) is 17.5 Å². The molecule has 0 radical (unpaired) electrons. The zero-order chi connectivity index (χ0) is 17.2. The molecule has 0 saturated heterocycles. The summed E-state index contributed by atoms with van der Waals surface area (Å²) in [4.78, 5) is 24.4. The first-order chi connectivity index (χ1) is 10.7. The van der Waals surface area contributed by atoms with E-state index >= 15 is 0 Å². The third kappa shape index (κ3) is 4.12. The van der Waals surface area contributed by atoms with Crippen molar-refractivity contribution in [2.24, 2.45) is 5.92 Å². The first-order valence-electron chi connectivity index (χ1n) is 8.16. The summed E-state index contributed by atoms with van der Waals surface area (Å²) >= 11 is 0. The SMILES string of the molecule is COC(=O)c1cccc2c1CCC(C(=O)OC(C)(C)C)C[C@H]2C. The van der Waals surface area contributed by atoms with Crippen LogP contribution in [0.1, 0.15) is 67.9 Å². The summed E-state index contributed by atoms with van der Waals surface area (Å²) in [5.74, 6) is -0.390. The van der Waals surface area contributed by atoms with Gasteiger partial charge >= 0.3 is 11.9 Å². The molecule has 23 heavy (non-hydrogen) atoms. The van der Waals surface area contributed by atoms with Crippen molar-refractivity contribution >= 4 is 11.9 Å². The third-order valence-electron chi connectivity index (χ3n) is 4.27. The monoisotopic (exact) mass is 318 g/mol. The molecule has 0 aromatic heterocycles. The summed E-state index contributed by atoms with van der Waals surface area (Å²) < 4.78 is 10.4. The molecule has 2 rings (SSSR count). The highest BCUT2D eigenvalue weighted by atomic mass is 16.6. The van der Waals surface area contributed by atoms with Crippen molar-refractivity contribution in [3.63, 3.8) is 0 Å². The van der Waals surface area contributed by atoms with Crippen LogP contribution < -0.4 is 0 Å². The minimum atomic E-state index is -0.476. The maximum atomic E-state index is 12.4. The van der Waals surface area contributed by atoms with Crippen LogP contribution in [0, 0.1) is 5.92 Å². The minimum absolute atomic E-state index is 0.137. The average Bonchev–Trinajstić information content (AvgIpc) is 2.64. The van der Waals surface area contributed by atoms with Crippen LogP contribution in [-0.4, -0.2) is 24.6 Å². The summed E-state index contributed by atoms with van der Waals surface area (Å²) in [6.07, 6.45) is 2.13. The van der Waals surface area contributed by atoms with Crippen LogP contribution in [-0.2, 0) is 20.7 Å². The largest absolute Gasteiger partial charge is 0.465 e. The molecule has 1 aliphatic rings. The minimum Gasteiger partial charge on any atom is -0.465 e. The van der Waals surface area contributed by atoms with Crippen LogP contribution in [0.5, 0.6) is 0 Å². The lowest BCUT2D eigenvalue weighted by Crippen LogP contribution is -2.29. The van der Waals surface area contributed by atoms with Gasteiger partial charge in [0, 0.05) is 0 Å². The second-order valence-electron chi connectivity index (χ2n) is 7.27. The third-order valence-corrected chi connectivity index (χ3v) is 4.27. The fourth-order valence-corrected chi connectivity index (χ4v) is 3.24. The van der Waals surface area contributed by atoms with E-state index in [1.165, 1.54) is 7.11 Å².